The second-order valence-electron chi connectivity index (χ2n) is 6.66. The minimum atomic E-state index is -0.0660. The van der Waals surface area contributed by atoms with Crippen molar-refractivity contribution in [3.05, 3.63) is 86.7 Å². The Bertz CT molecular complexity index is 964. The van der Waals surface area contributed by atoms with Crippen molar-refractivity contribution in [2.24, 2.45) is 0 Å². The third-order valence-electron chi connectivity index (χ3n) is 4.42. The van der Waals surface area contributed by atoms with E-state index < -0.39 is 0 Å². The number of benzene rings is 2. The Morgan fingerprint density at radius 3 is 2.44 bits per heavy atom. The summed E-state index contributed by atoms with van der Waals surface area (Å²) in [5, 5.41) is 5.45. The Balaban J connectivity index is 1.69. The number of aromatic nitrogens is 2. The van der Waals surface area contributed by atoms with Crippen LogP contribution in [0.3, 0.4) is 0 Å². The van der Waals surface area contributed by atoms with E-state index in [0.717, 1.165) is 22.5 Å². The highest BCUT2D eigenvalue weighted by molar-refractivity contribution is 6.42. The van der Waals surface area contributed by atoms with Gasteiger partial charge < -0.3 is 4.90 Å². The van der Waals surface area contributed by atoms with Crippen molar-refractivity contribution in [1.29, 1.82) is 0 Å². The van der Waals surface area contributed by atoms with Crippen molar-refractivity contribution in [3.8, 4) is 0 Å². The van der Waals surface area contributed by atoms with Gasteiger partial charge in [-0.2, -0.15) is 5.10 Å². The Kier molecular flexibility index (Phi) is 5.88. The van der Waals surface area contributed by atoms with E-state index >= 15 is 0 Å². The molecule has 2 aromatic carbocycles. The van der Waals surface area contributed by atoms with Crippen LogP contribution in [0.4, 0.5) is 0 Å². The maximum Gasteiger partial charge on any atom is 0.253 e. The Labute approximate surface area is 169 Å². The van der Waals surface area contributed by atoms with Crippen molar-refractivity contribution in [2.45, 2.75) is 26.9 Å². The molecule has 3 aromatic rings. The van der Waals surface area contributed by atoms with Gasteiger partial charge in [0.05, 0.1) is 22.3 Å². The monoisotopic (exact) mass is 401 g/mol. The van der Waals surface area contributed by atoms with Gasteiger partial charge in [-0.1, -0.05) is 47.5 Å². The lowest BCUT2D eigenvalue weighted by molar-refractivity contribution is 0.0785. The Hall–Kier alpha value is -2.30. The standard InChI is InChI=1S/C21H21Cl2N3O/c1-14-11-15(2)26(24-14)12-16-7-9-17(10-8-16)21(27)25(3)13-18-5-4-6-19(22)20(18)23/h4-11H,12-13H2,1-3H3. The third-order valence-corrected chi connectivity index (χ3v) is 5.28. The van der Waals surface area contributed by atoms with Crippen LogP contribution in [0, 0.1) is 13.8 Å². The van der Waals surface area contributed by atoms with E-state index in [-0.39, 0.29) is 5.91 Å². The smallest absolute Gasteiger partial charge is 0.253 e. The quantitative estimate of drug-likeness (QED) is 0.594. The number of aryl methyl sites for hydroxylation is 2. The first kappa shape index (κ1) is 19.5. The van der Waals surface area contributed by atoms with E-state index in [9.17, 15) is 4.79 Å². The normalized spacial score (nSPS) is 10.9. The Morgan fingerprint density at radius 2 is 1.81 bits per heavy atom. The van der Waals surface area contributed by atoms with E-state index in [1.54, 1.807) is 18.0 Å². The lowest BCUT2D eigenvalue weighted by Crippen LogP contribution is -2.26. The molecule has 0 saturated carbocycles. The maximum atomic E-state index is 12.7. The topological polar surface area (TPSA) is 38.1 Å². The summed E-state index contributed by atoms with van der Waals surface area (Å²) in [5.74, 6) is -0.0660. The Morgan fingerprint density at radius 1 is 1.11 bits per heavy atom. The zero-order valence-electron chi connectivity index (χ0n) is 15.5. The number of rotatable bonds is 5. The predicted octanol–water partition coefficient (Wildman–Crippen LogP) is 5.13. The molecule has 27 heavy (non-hydrogen) atoms. The molecule has 0 radical (unpaired) electrons. The summed E-state index contributed by atoms with van der Waals surface area (Å²) in [6, 6.07) is 15.1. The summed E-state index contributed by atoms with van der Waals surface area (Å²) in [7, 11) is 1.75. The van der Waals surface area contributed by atoms with E-state index in [4.69, 9.17) is 23.2 Å². The summed E-state index contributed by atoms with van der Waals surface area (Å²) in [6.07, 6.45) is 0. The summed E-state index contributed by atoms with van der Waals surface area (Å²) in [4.78, 5) is 14.3. The molecule has 0 bridgehead atoms. The van der Waals surface area contributed by atoms with Gasteiger partial charge in [-0.15, -0.1) is 0 Å². The van der Waals surface area contributed by atoms with Gasteiger partial charge in [0, 0.05) is 24.8 Å². The molecule has 140 valence electrons. The molecule has 0 spiro atoms. The molecule has 0 unspecified atom stereocenters. The van der Waals surface area contributed by atoms with Crippen LogP contribution in [0.1, 0.15) is 32.9 Å². The van der Waals surface area contributed by atoms with Gasteiger partial charge in [0.2, 0.25) is 0 Å². The second kappa shape index (κ2) is 8.15. The molecule has 3 rings (SSSR count). The van der Waals surface area contributed by atoms with Crippen LogP contribution in [-0.2, 0) is 13.1 Å². The zero-order chi connectivity index (χ0) is 19.6. The fraction of sp³-hybridized carbons (Fsp3) is 0.238. The van der Waals surface area contributed by atoms with E-state index in [1.807, 2.05) is 61.0 Å². The fourth-order valence-electron chi connectivity index (χ4n) is 2.98. The third kappa shape index (κ3) is 4.52. The SMILES string of the molecule is Cc1cc(C)n(Cc2ccc(C(=O)N(C)Cc3cccc(Cl)c3Cl)cc2)n1. The van der Waals surface area contributed by atoms with Gasteiger partial charge >= 0.3 is 0 Å². The van der Waals surface area contributed by atoms with Gasteiger partial charge in [-0.3, -0.25) is 9.48 Å². The average Bonchev–Trinajstić information content (AvgIpc) is 2.96. The zero-order valence-corrected chi connectivity index (χ0v) is 17.1. The molecule has 0 saturated heterocycles. The number of amides is 1. The number of carbonyl (C=O) groups is 1. The van der Waals surface area contributed by atoms with Crippen LogP contribution in [-0.4, -0.2) is 27.6 Å². The molecule has 0 atom stereocenters. The van der Waals surface area contributed by atoms with Gasteiger partial charge in [0.15, 0.2) is 0 Å². The number of hydrogen-bond donors (Lipinski definition) is 0. The van der Waals surface area contributed by atoms with Crippen molar-refractivity contribution < 1.29 is 4.79 Å². The lowest BCUT2D eigenvalue weighted by atomic mass is 10.1. The van der Waals surface area contributed by atoms with E-state index in [2.05, 4.69) is 5.10 Å². The summed E-state index contributed by atoms with van der Waals surface area (Å²) < 4.78 is 1.96. The minimum Gasteiger partial charge on any atom is -0.337 e. The van der Waals surface area contributed by atoms with Crippen LogP contribution >= 0.6 is 23.2 Å². The predicted molar refractivity (Wildman–Crippen MR) is 110 cm³/mol. The second-order valence-corrected chi connectivity index (χ2v) is 7.44. The molecular formula is C21H21Cl2N3O. The molecule has 1 heterocycles. The van der Waals surface area contributed by atoms with E-state index in [0.29, 0.717) is 28.7 Å². The summed E-state index contributed by atoms with van der Waals surface area (Å²) in [6.45, 7) is 5.09. The van der Waals surface area contributed by atoms with E-state index in [1.165, 1.54) is 0 Å². The van der Waals surface area contributed by atoms with Crippen molar-refractivity contribution in [1.82, 2.24) is 14.7 Å². The first-order valence-electron chi connectivity index (χ1n) is 8.63. The molecule has 0 aliphatic rings. The summed E-state index contributed by atoms with van der Waals surface area (Å²) >= 11 is 12.3. The van der Waals surface area contributed by atoms with Gasteiger partial charge in [-0.05, 0) is 49.2 Å². The number of halogens is 2. The van der Waals surface area contributed by atoms with Crippen molar-refractivity contribution >= 4 is 29.1 Å². The number of hydrogen-bond acceptors (Lipinski definition) is 2. The largest absolute Gasteiger partial charge is 0.337 e. The number of nitrogens with zero attached hydrogens (tertiary/aromatic N) is 3. The molecule has 4 nitrogen and oxygen atoms in total. The fourth-order valence-corrected chi connectivity index (χ4v) is 3.36. The first-order chi connectivity index (χ1) is 12.8. The molecular weight excluding hydrogens is 381 g/mol. The van der Waals surface area contributed by atoms with Crippen molar-refractivity contribution in [3.63, 3.8) is 0 Å². The van der Waals surface area contributed by atoms with Crippen LogP contribution in [0.25, 0.3) is 0 Å². The minimum absolute atomic E-state index is 0.0660. The summed E-state index contributed by atoms with van der Waals surface area (Å²) in [5.41, 5.74) is 4.67. The van der Waals surface area contributed by atoms with Crippen LogP contribution in [0.15, 0.2) is 48.5 Å². The van der Waals surface area contributed by atoms with Crippen LogP contribution in [0.5, 0.6) is 0 Å². The van der Waals surface area contributed by atoms with Gasteiger partial charge in [-0.25, -0.2) is 0 Å². The molecule has 0 N–H and O–H groups in total. The molecule has 6 heteroatoms. The highest BCUT2D eigenvalue weighted by Crippen LogP contribution is 2.26. The lowest BCUT2D eigenvalue weighted by Gasteiger charge is -2.18. The first-order valence-corrected chi connectivity index (χ1v) is 9.39. The molecule has 1 aromatic heterocycles. The number of carbonyl (C=O) groups excluding carboxylic acids is 1. The highest BCUT2D eigenvalue weighted by atomic mass is 35.5. The maximum absolute atomic E-state index is 12.7. The van der Waals surface area contributed by atoms with Gasteiger partial charge in [0.25, 0.3) is 5.91 Å². The molecule has 0 aliphatic heterocycles. The van der Waals surface area contributed by atoms with Crippen LogP contribution < -0.4 is 0 Å². The van der Waals surface area contributed by atoms with Crippen molar-refractivity contribution in [2.75, 3.05) is 7.05 Å². The molecule has 0 fully saturated rings. The van der Waals surface area contributed by atoms with Gasteiger partial charge in [0.1, 0.15) is 0 Å². The molecule has 1 amide bonds. The average molecular weight is 402 g/mol. The highest BCUT2D eigenvalue weighted by Gasteiger charge is 2.14. The molecule has 0 aliphatic carbocycles. The van der Waals surface area contributed by atoms with Crippen LogP contribution in [0.2, 0.25) is 10.0 Å².